The predicted molar refractivity (Wildman–Crippen MR) is 104 cm³/mol. The van der Waals surface area contributed by atoms with Gasteiger partial charge >= 0.3 is 0 Å². The van der Waals surface area contributed by atoms with Crippen molar-refractivity contribution in [3.63, 3.8) is 0 Å². The summed E-state index contributed by atoms with van der Waals surface area (Å²) in [6.07, 6.45) is 4.99. The van der Waals surface area contributed by atoms with Crippen LogP contribution in [0.3, 0.4) is 0 Å². The third-order valence-electron chi connectivity index (χ3n) is 3.36. The van der Waals surface area contributed by atoms with Crippen LogP contribution in [0.4, 0.5) is 0 Å². The number of likely N-dealkylation sites (N-methyl/N-ethyl adjacent to an activating group) is 1. The van der Waals surface area contributed by atoms with Crippen molar-refractivity contribution in [2.24, 2.45) is 5.41 Å². The number of hydrogen-bond donors (Lipinski definition) is 0. The van der Waals surface area contributed by atoms with Crippen LogP contribution in [-0.4, -0.2) is 25.1 Å². The zero-order chi connectivity index (χ0) is 18.0. The van der Waals surface area contributed by atoms with Gasteiger partial charge in [0.05, 0.1) is 0 Å². The largest absolute Gasteiger partial charge is 0.489 e. The maximum atomic E-state index is 5.78. The van der Waals surface area contributed by atoms with Gasteiger partial charge in [-0.05, 0) is 63.6 Å². The summed E-state index contributed by atoms with van der Waals surface area (Å²) in [5.74, 6) is 7.21. The number of nitrogens with zero attached hydrogens (tertiary/aromatic N) is 1. The van der Waals surface area contributed by atoms with Gasteiger partial charge in [-0.3, -0.25) is 4.90 Å². The molecule has 0 amide bonds. The third-order valence-corrected chi connectivity index (χ3v) is 3.36. The van der Waals surface area contributed by atoms with Gasteiger partial charge in [0.1, 0.15) is 12.4 Å². The van der Waals surface area contributed by atoms with Gasteiger partial charge in [0.25, 0.3) is 0 Å². The van der Waals surface area contributed by atoms with Crippen molar-refractivity contribution in [1.29, 1.82) is 0 Å². The number of allylic oxidation sites excluding steroid dienone is 1. The maximum Gasteiger partial charge on any atom is 0.120 e. The van der Waals surface area contributed by atoms with Crippen molar-refractivity contribution >= 4 is 0 Å². The fourth-order valence-electron chi connectivity index (χ4n) is 1.95. The van der Waals surface area contributed by atoms with Crippen molar-refractivity contribution < 1.29 is 4.74 Å². The molecule has 0 aliphatic heterocycles. The standard InChI is InChI=1S/C22H31NO/c1-7-19(2)18-24-21-13-11-12-20(16-21)17-23(6)15-10-8-9-14-22(3,4)5/h8,10-13,16H,2,7,15,17-18H2,1,3-6H3/b10-8+. The Hall–Kier alpha value is -1.98. The molecular weight excluding hydrogens is 294 g/mol. The summed E-state index contributed by atoms with van der Waals surface area (Å²) in [5.41, 5.74) is 2.41. The van der Waals surface area contributed by atoms with Crippen LogP contribution in [0.5, 0.6) is 5.75 Å². The number of rotatable bonds is 8. The summed E-state index contributed by atoms with van der Waals surface area (Å²) in [5, 5.41) is 0. The van der Waals surface area contributed by atoms with Gasteiger partial charge in [-0.2, -0.15) is 0 Å². The van der Waals surface area contributed by atoms with E-state index in [1.54, 1.807) is 0 Å². The van der Waals surface area contributed by atoms with Gasteiger partial charge in [0, 0.05) is 18.5 Å². The molecule has 0 aromatic heterocycles. The molecule has 130 valence electrons. The average Bonchev–Trinajstić information content (AvgIpc) is 2.51. The van der Waals surface area contributed by atoms with Crippen LogP contribution in [0.1, 0.15) is 39.7 Å². The van der Waals surface area contributed by atoms with Crippen LogP contribution in [0.25, 0.3) is 0 Å². The van der Waals surface area contributed by atoms with Crippen molar-refractivity contribution in [2.75, 3.05) is 20.2 Å². The average molecular weight is 325 g/mol. The molecule has 0 atom stereocenters. The number of benzene rings is 1. The van der Waals surface area contributed by atoms with E-state index in [2.05, 4.69) is 76.3 Å². The molecule has 0 fully saturated rings. The van der Waals surface area contributed by atoms with Gasteiger partial charge in [0.2, 0.25) is 0 Å². The first-order valence-corrected chi connectivity index (χ1v) is 8.55. The minimum Gasteiger partial charge on any atom is -0.489 e. The Morgan fingerprint density at radius 1 is 1.33 bits per heavy atom. The zero-order valence-electron chi connectivity index (χ0n) is 15.9. The van der Waals surface area contributed by atoms with E-state index in [0.29, 0.717) is 6.61 Å². The number of ether oxygens (including phenoxy) is 1. The molecule has 0 saturated heterocycles. The van der Waals surface area contributed by atoms with Gasteiger partial charge in [-0.1, -0.05) is 43.6 Å². The highest BCUT2D eigenvalue weighted by atomic mass is 16.5. The second-order valence-electron chi connectivity index (χ2n) is 7.16. The molecule has 0 radical (unpaired) electrons. The first-order valence-electron chi connectivity index (χ1n) is 8.55. The third kappa shape index (κ3) is 9.22. The topological polar surface area (TPSA) is 12.5 Å². The smallest absolute Gasteiger partial charge is 0.120 e. The Morgan fingerprint density at radius 3 is 2.75 bits per heavy atom. The van der Waals surface area contributed by atoms with E-state index in [0.717, 1.165) is 30.8 Å². The summed E-state index contributed by atoms with van der Waals surface area (Å²) in [4.78, 5) is 2.25. The van der Waals surface area contributed by atoms with E-state index in [1.807, 2.05) is 18.2 Å². The van der Waals surface area contributed by atoms with Crippen LogP contribution < -0.4 is 4.74 Å². The summed E-state index contributed by atoms with van der Waals surface area (Å²) in [6, 6.07) is 8.26. The summed E-state index contributed by atoms with van der Waals surface area (Å²) < 4.78 is 5.78. The Balaban J connectivity index is 2.49. The molecule has 0 bridgehead atoms. The molecule has 0 saturated carbocycles. The fourth-order valence-corrected chi connectivity index (χ4v) is 1.95. The summed E-state index contributed by atoms with van der Waals surface area (Å²) >= 11 is 0. The first-order chi connectivity index (χ1) is 11.3. The molecule has 0 unspecified atom stereocenters. The zero-order valence-corrected chi connectivity index (χ0v) is 15.9. The van der Waals surface area contributed by atoms with E-state index >= 15 is 0 Å². The monoisotopic (exact) mass is 325 g/mol. The summed E-state index contributed by atoms with van der Waals surface area (Å²) in [7, 11) is 2.11. The lowest BCUT2D eigenvalue weighted by Crippen LogP contribution is -2.17. The van der Waals surface area contributed by atoms with Crippen molar-refractivity contribution in [1.82, 2.24) is 4.90 Å². The quantitative estimate of drug-likeness (QED) is 0.489. The van der Waals surface area contributed by atoms with Crippen molar-refractivity contribution in [3.05, 3.63) is 54.1 Å². The second kappa shape index (κ2) is 10.0. The van der Waals surface area contributed by atoms with Gasteiger partial charge in [0.15, 0.2) is 0 Å². The SMILES string of the molecule is C=C(CC)COc1cccc(CN(C)C/C=C/C#CC(C)(C)C)c1. The Kier molecular flexibility index (Phi) is 8.36. The predicted octanol–water partition coefficient (Wildman–Crippen LogP) is 5.07. The van der Waals surface area contributed by atoms with E-state index in [-0.39, 0.29) is 5.41 Å². The van der Waals surface area contributed by atoms with Crippen molar-refractivity contribution in [2.45, 2.75) is 40.7 Å². The fraction of sp³-hybridized carbons (Fsp3) is 0.455. The van der Waals surface area contributed by atoms with Crippen LogP contribution in [0, 0.1) is 17.3 Å². The molecule has 0 spiro atoms. The molecule has 1 aromatic rings. The van der Waals surface area contributed by atoms with E-state index in [1.165, 1.54) is 5.56 Å². The van der Waals surface area contributed by atoms with Crippen LogP contribution in [0.2, 0.25) is 0 Å². The number of hydrogen-bond acceptors (Lipinski definition) is 2. The molecule has 2 nitrogen and oxygen atoms in total. The van der Waals surface area contributed by atoms with E-state index < -0.39 is 0 Å². The van der Waals surface area contributed by atoms with Crippen LogP contribution in [0.15, 0.2) is 48.6 Å². The Bertz CT molecular complexity index is 611. The van der Waals surface area contributed by atoms with E-state index in [4.69, 9.17) is 4.74 Å². The molecule has 1 aromatic carbocycles. The molecule has 2 heteroatoms. The Labute approximate surface area is 148 Å². The lowest BCUT2D eigenvalue weighted by Gasteiger charge is -2.15. The van der Waals surface area contributed by atoms with Gasteiger partial charge in [-0.25, -0.2) is 0 Å². The first kappa shape index (κ1) is 20.1. The van der Waals surface area contributed by atoms with Crippen LogP contribution in [-0.2, 0) is 6.54 Å². The molecule has 24 heavy (non-hydrogen) atoms. The maximum absolute atomic E-state index is 5.78. The minimum atomic E-state index is 0.0553. The minimum absolute atomic E-state index is 0.0553. The molecule has 0 aliphatic carbocycles. The molecule has 1 rings (SSSR count). The molecule has 0 heterocycles. The lowest BCUT2D eigenvalue weighted by molar-refractivity contribution is 0.343. The highest BCUT2D eigenvalue weighted by molar-refractivity contribution is 5.29. The molecule has 0 aliphatic rings. The van der Waals surface area contributed by atoms with Crippen molar-refractivity contribution in [3.8, 4) is 17.6 Å². The van der Waals surface area contributed by atoms with E-state index in [9.17, 15) is 0 Å². The molecular formula is C22H31NO. The lowest BCUT2D eigenvalue weighted by atomic mass is 9.98. The second-order valence-corrected chi connectivity index (χ2v) is 7.16. The highest BCUT2D eigenvalue weighted by Crippen LogP contribution is 2.15. The van der Waals surface area contributed by atoms with Gasteiger partial charge in [-0.15, -0.1) is 0 Å². The Morgan fingerprint density at radius 2 is 2.08 bits per heavy atom. The molecule has 0 N–H and O–H groups in total. The van der Waals surface area contributed by atoms with Crippen LogP contribution >= 0.6 is 0 Å². The summed E-state index contributed by atoms with van der Waals surface area (Å²) in [6.45, 7) is 14.8. The highest BCUT2D eigenvalue weighted by Gasteiger charge is 2.03. The normalized spacial score (nSPS) is 11.4. The van der Waals surface area contributed by atoms with Gasteiger partial charge < -0.3 is 4.74 Å².